The van der Waals surface area contributed by atoms with Crippen molar-refractivity contribution >= 4 is 5.91 Å². The van der Waals surface area contributed by atoms with E-state index in [9.17, 15) is 4.79 Å². The van der Waals surface area contributed by atoms with Gasteiger partial charge in [-0.2, -0.15) is 5.10 Å². The van der Waals surface area contributed by atoms with Crippen molar-refractivity contribution in [2.24, 2.45) is 0 Å². The predicted molar refractivity (Wildman–Crippen MR) is 67.0 cm³/mol. The molecule has 5 heteroatoms. The van der Waals surface area contributed by atoms with Gasteiger partial charge in [-0.1, -0.05) is 18.2 Å². The Kier molecular flexibility index (Phi) is 4.35. The number of nitrogens with one attached hydrogen (secondary N) is 2. The highest BCUT2D eigenvalue weighted by molar-refractivity contribution is 5.75. The van der Waals surface area contributed by atoms with E-state index in [1.165, 1.54) is 0 Å². The van der Waals surface area contributed by atoms with Gasteiger partial charge in [0, 0.05) is 6.20 Å². The molecule has 0 spiro atoms. The number of benzene rings is 1. The molecule has 0 aliphatic carbocycles. The Morgan fingerprint density at radius 1 is 1.28 bits per heavy atom. The lowest BCUT2D eigenvalue weighted by atomic mass is 10.3. The van der Waals surface area contributed by atoms with Gasteiger partial charge in [-0.05, 0) is 18.2 Å². The van der Waals surface area contributed by atoms with Crippen LogP contribution in [0.4, 0.5) is 0 Å². The molecule has 5 nitrogen and oxygen atoms in total. The van der Waals surface area contributed by atoms with E-state index in [0.29, 0.717) is 19.6 Å². The molecular weight excluding hydrogens is 230 g/mol. The van der Waals surface area contributed by atoms with Gasteiger partial charge >= 0.3 is 0 Å². The minimum atomic E-state index is -0.0412. The molecule has 1 heterocycles. The highest BCUT2D eigenvalue weighted by Crippen LogP contribution is 2.08. The first-order chi connectivity index (χ1) is 8.84. The molecule has 1 amide bonds. The third kappa shape index (κ3) is 3.93. The molecule has 94 valence electrons. The quantitative estimate of drug-likeness (QED) is 0.810. The first kappa shape index (κ1) is 12.2. The van der Waals surface area contributed by atoms with Crippen LogP contribution in [-0.2, 0) is 11.3 Å². The van der Waals surface area contributed by atoms with Gasteiger partial charge in [0.15, 0.2) is 0 Å². The fourth-order valence-electron chi connectivity index (χ4n) is 1.44. The normalized spacial score (nSPS) is 10.0. The maximum Gasteiger partial charge on any atom is 0.223 e. The van der Waals surface area contributed by atoms with Crippen LogP contribution >= 0.6 is 0 Å². The van der Waals surface area contributed by atoms with Crippen LogP contribution in [0.5, 0.6) is 5.75 Å². The lowest BCUT2D eigenvalue weighted by molar-refractivity contribution is -0.121. The highest BCUT2D eigenvalue weighted by Gasteiger charge is 2.02. The number of H-pyrrole nitrogens is 1. The maximum atomic E-state index is 11.5. The molecule has 0 aliphatic rings. The second-order valence-corrected chi connectivity index (χ2v) is 3.77. The number of amides is 1. The number of ether oxygens (including phenoxy) is 1. The van der Waals surface area contributed by atoms with E-state index in [1.54, 1.807) is 6.20 Å². The van der Waals surface area contributed by atoms with E-state index in [0.717, 1.165) is 11.4 Å². The summed E-state index contributed by atoms with van der Waals surface area (Å²) in [6, 6.07) is 11.3. The molecule has 0 bridgehead atoms. The van der Waals surface area contributed by atoms with Gasteiger partial charge < -0.3 is 10.1 Å². The van der Waals surface area contributed by atoms with E-state index in [-0.39, 0.29) is 5.91 Å². The van der Waals surface area contributed by atoms with Gasteiger partial charge in [-0.25, -0.2) is 0 Å². The summed E-state index contributed by atoms with van der Waals surface area (Å²) in [6.45, 7) is 0.836. The third-order valence-corrected chi connectivity index (χ3v) is 2.38. The van der Waals surface area contributed by atoms with Crippen LogP contribution in [0.1, 0.15) is 12.1 Å². The third-order valence-electron chi connectivity index (χ3n) is 2.38. The van der Waals surface area contributed by atoms with E-state index < -0.39 is 0 Å². The second kappa shape index (κ2) is 6.44. The number of hydrogen-bond acceptors (Lipinski definition) is 3. The van der Waals surface area contributed by atoms with Crippen molar-refractivity contribution in [2.75, 3.05) is 6.61 Å². The number of hydrogen-bond donors (Lipinski definition) is 2. The number of aromatic amines is 1. The zero-order valence-electron chi connectivity index (χ0n) is 9.93. The highest BCUT2D eigenvalue weighted by atomic mass is 16.5. The number of carbonyl (C=O) groups is 1. The first-order valence-electron chi connectivity index (χ1n) is 5.77. The Morgan fingerprint density at radius 3 is 2.83 bits per heavy atom. The van der Waals surface area contributed by atoms with Crippen molar-refractivity contribution in [3.05, 3.63) is 48.3 Å². The Labute approximate surface area is 105 Å². The standard InChI is InChI=1S/C13H15N3O2/c17-13(14-10-11-6-8-15-16-11)7-9-18-12-4-2-1-3-5-12/h1-6,8H,7,9-10H2,(H,14,17)(H,15,16). The molecule has 0 unspecified atom stereocenters. The van der Waals surface area contributed by atoms with E-state index in [1.807, 2.05) is 36.4 Å². The topological polar surface area (TPSA) is 67.0 Å². The molecule has 2 rings (SSSR count). The van der Waals surface area contributed by atoms with E-state index in [2.05, 4.69) is 15.5 Å². The molecule has 0 saturated heterocycles. The maximum absolute atomic E-state index is 11.5. The summed E-state index contributed by atoms with van der Waals surface area (Å²) in [4.78, 5) is 11.5. The minimum absolute atomic E-state index is 0.0412. The van der Waals surface area contributed by atoms with Crippen LogP contribution in [0.15, 0.2) is 42.6 Å². The summed E-state index contributed by atoms with van der Waals surface area (Å²) in [6.07, 6.45) is 1.99. The van der Waals surface area contributed by atoms with Gasteiger partial charge in [0.25, 0.3) is 0 Å². The minimum Gasteiger partial charge on any atom is -0.493 e. The molecule has 2 aromatic rings. The second-order valence-electron chi connectivity index (χ2n) is 3.77. The number of rotatable bonds is 6. The summed E-state index contributed by atoms with van der Waals surface area (Å²) in [5.41, 5.74) is 0.882. The van der Waals surface area contributed by atoms with Crippen LogP contribution in [0.2, 0.25) is 0 Å². The van der Waals surface area contributed by atoms with Crippen LogP contribution in [-0.4, -0.2) is 22.7 Å². The summed E-state index contributed by atoms with van der Waals surface area (Å²) in [7, 11) is 0. The van der Waals surface area contributed by atoms with Crippen molar-refractivity contribution in [3.8, 4) is 5.75 Å². The molecule has 0 fully saturated rings. The summed E-state index contributed by atoms with van der Waals surface area (Å²) in [5, 5.41) is 9.36. The lowest BCUT2D eigenvalue weighted by Crippen LogP contribution is -2.24. The summed E-state index contributed by atoms with van der Waals surface area (Å²) in [5.74, 6) is 0.736. The Hall–Kier alpha value is -2.30. The van der Waals surface area contributed by atoms with Crippen LogP contribution in [0.25, 0.3) is 0 Å². The van der Waals surface area contributed by atoms with Gasteiger partial charge in [0.1, 0.15) is 5.75 Å². The van der Waals surface area contributed by atoms with Crippen molar-refractivity contribution in [2.45, 2.75) is 13.0 Å². The molecule has 0 aliphatic heterocycles. The number of para-hydroxylation sites is 1. The van der Waals surface area contributed by atoms with Gasteiger partial charge in [0.05, 0.1) is 25.3 Å². The van der Waals surface area contributed by atoms with Crippen molar-refractivity contribution in [3.63, 3.8) is 0 Å². The Bertz CT molecular complexity index is 468. The Morgan fingerprint density at radius 2 is 2.11 bits per heavy atom. The summed E-state index contributed by atoms with van der Waals surface area (Å²) >= 11 is 0. The number of aromatic nitrogens is 2. The molecule has 2 N–H and O–H groups in total. The summed E-state index contributed by atoms with van der Waals surface area (Å²) < 4.78 is 5.43. The molecule has 1 aromatic heterocycles. The largest absolute Gasteiger partial charge is 0.493 e. The first-order valence-corrected chi connectivity index (χ1v) is 5.77. The van der Waals surface area contributed by atoms with Crippen molar-refractivity contribution in [1.29, 1.82) is 0 Å². The zero-order valence-corrected chi connectivity index (χ0v) is 9.93. The van der Waals surface area contributed by atoms with Crippen LogP contribution in [0.3, 0.4) is 0 Å². The fourth-order valence-corrected chi connectivity index (χ4v) is 1.44. The van der Waals surface area contributed by atoms with E-state index in [4.69, 9.17) is 4.74 Å². The predicted octanol–water partition coefficient (Wildman–Crippen LogP) is 1.49. The van der Waals surface area contributed by atoms with Crippen LogP contribution in [0, 0.1) is 0 Å². The van der Waals surface area contributed by atoms with Gasteiger partial charge in [-0.3, -0.25) is 9.89 Å². The molecule has 0 radical (unpaired) electrons. The van der Waals surface area contributed by atoms with Crippen LogP contribution < -0.4 is 10.1 Å². The molecular formula is C13H15N3O2. The molecule has 0 saturated carbocycles. The molecule has 0 atom stereocenters. The fraction of sp³-hybridized carbons (Fsp3) is 0.231. The lowest BCUT2D eigenvalue weighted by Gasteiger charge is -2.06. The van der Waals surface area contributed by atoms with E-state index >= 15 is 0 Å². The van der Waals surface area contributed by atoms with Crippen molar-refractivity contribution < 1.29 is 9.53 Å². The average Bonchev–Trinajstić information content (AvgIpc) is 2.91. The number of carbonyl (C=O) groups excluding carboxylic acids is 1. The Balaban J connectivity index is 1.63. The molecule has 18 heavy (non-hydrogen) atoms. The van der Waals surface area contributed by atoms with Gasteiger partial charge in [-0.15, -0.1) is 0 Å². The molecule has 1 aromatic carbocycles. The zero-order chi connectivity index (χ0) is 12.6. The smallest absolute Gasteiger partial charge is 0.223 e. The monoisotopic (exact) mass is 245 g/mol. The average molecular weight is 245 g/mol. The van der Waals surface area contributed by atoms with Gasteiger partial charge in [0.2, 0.25) is 5.91 Å². The van der Waals surface area contributed by atoms with Crippen molar-refractivity contribution in [1.82, 2.24) is 15.5 Å². The number of nitrogens with zero attached hydrogens (tertiary/aromatic N) is 1. The SMILES string of the molecule is O=C(CCOc1ccccc1)NCc1ccn[nH]1.